The molecule has 29 heavy (non-hydrogen) atoms. The first-order chi connectivity index (χ1) is 14.1. The quantitative estimate of drug-likeness (QED) is 0.558. The fourth-order valence-electron chi connectivity index (χ4n) is 3.22. The van der Waals surface area contributed by atoms with Crippen LogP contribution in [0, 0.1) is 0 Å². The Bertz CT molecular complexity index is 905. The molecule has 8 heteroatoms. The molecule has 2 heterocycles. The van der Waals surface area contributed by atoms with Crippen molar-refractivity contribution in [3.8, 4) is 0 Å². The maximum atomic E-state index is 12.7. The van der Waals surface area contributed by atoms with Crippen molar-refractivity contribution in [2.45, 2.75) is 19.1 Å². The number of carbonyl (C=O) groups excluding carboxylic acids is 2. The number of pyridine rings is 1. The lowest BCUT2D eigenvalue weighted by atomic mass is 10.1. The molecule has 154 valence electrons. The summed E-state index contributed by atoms with van der Waals surface area (Å²) in [5.74, 6) is -0.881. The van der Waals surface area contributed by atoms with Crippen molar-refractivity contribution in [2.75, 3.05) is 33.3 Å². The van der Waals surface area contributed by atoms with Gasteiger partial charge in [0.1, 0.15) is 5.56 Å². The van der Waals surface area contributed by atoms with Crippen molar-refractivity contribution in [3.05, 3.63) is 69.6 Å². The lowest BCUT2D eigenvalue weighted by Gasteiger charge is -2.13. The van der Waals surface area contributed by atoms with Crippen LogP contribution in [0.5, 0.6) is 0 Å². The summed E-state index contributed by atoms with van der Waals surface area (Å²) in [5.41, 5.74) is 0.640. The highest BCUT2D eigenvalue weighted by Gasteiger charge is 2.18. The Hall–Kier alpha value is -2.97. The van der Waals surface area contributed by atoms with Crippen molar-refractivity contribution >= 4 is 11.8 Å². The third-order valence-corrected chi connectivity index (χ3v) is 4.77. The van der Waals surface area contributed by atoms with Crippen LogP contribution >= 0.6 is 0 Å². The maximum Gasteiger partial charge on any atom is 0.263 e. The van der Waals surface area contributed by atoms with Crippen LogP contribution in [-0.4, -0.2) is 55.8 Å². The molecule has 3 N–H and O–H groups in total. The minimum absolute atomic E-state index is 0.0654. The second-order valence-corrected chi connectivity index (χ2v) is 6.88. The topological polar surface area (TPSA) is 101 Å². The summed E-state index contributed by atoms with van der Waals surface area (Å²) in [6.07, 6.45) is 2.63. The van der Waals surface area contributed by atoms with Gasteiger partial charge >= 0.3 is 0 Å². The minimum atomic E-state index is -0.525. The van der Waals surface area contributed by atoms with E-state index < -0.39 is 11.5 Å². The molecule has 3 rings (SSSR count). The molecule has 2 aromatic rings. The molecule has 0 spiro atoms. The highest BCUT2D eigenvalue weighted by molar-refractivity contribution is 5.99. The van der Waals surface area contributed by atoms with Gasteiger partial charge in [0.15, 0.2) is 0 Å². The van der Waals surface area contributed by atoms with Gasteiger partial charge in [-0.2, -0.15) is 0 Å². The summed E-state index contributed by atoms with van der Waals surface area (Å²) in [4.78, 5) is 37.4. The Labute approximate surface area is 169 Å². The molecule has 1 unspecified atom stereocenters. The van der Waals surface area contributed by atoms with Crippen LogP contribution in [0.25, 0.3) is 0 Å². The SMILES string of the molecule is CNC(=O)c1cc(C(=O)NCCOC2CCNC2)cn(Cc2ccccc2)c1=O. The Morgan fingerprint density at radius 2 is 2.03 bits per heavy atom. The summed E-state index contributed by atoms with van der Waals surface area (Å²) in [6.45, 7) is 2.80. The van der Waals surface area contributed by atoms with Crippen LogP contribution in [0.15, 0.2) is 47.4 Å². The van der Waals surface area contributed by atoms with E-state index in [1.807, 2.05) is 30.3 Å². The highest BCUT2D eigenvalue weighted by atomic mass is 16.5. The van der Waals surface area contributed by atoms with E-state index in [1.54, 1.807) is 0 Å². The number of ether oxygens (including phenoxy) is 1. The number of nitrogens with zero attached hydrogens (tertiary/aromatic N) is 1. The zero-order valence-electron chi connectivity index (χ0n) is 16.4. The molecule has 1 aromatic carbocycles. The first kappa shape index (κ1) is 20.8. The molecule has 0 radical (unpaired) electrons. The van der Waals surface area contributed by atoms with Crippen molar-refractivity contribution in [1.29, 1.82) is 0 Å². The predicted molar refractivity (Wildman–Crippen MR) is 109 cm³/mol. The van der Waals surface area contributed by atoms with Gasteiger partial charge in [0.25, 0.3) is 17.4 Å². The molecule has 1 fully saturated rings. The fourth-order valence-corrected chi connectivity index (χ4v) is 3.22. The fraction of sp³-hybridized carbons (Fsp3) is 0.381. The van der Waals surface area contributed by atoms with Gasteiger partial charge in [-0.25, -0.2) is 0 Å². The van der Waals surface area contributed by atoms with E-state index in [0.29, 0.717) is 13.2 Å². The molecule has 0 saturated carbocycles. The van der Waals surface area contributed by atoms with Crippen molar-refractivity contribution < 1.29 is 14.3 Å². The van der Waals surface area contributed by atoms with E-state index >= 15 is 0 Å². The molecule has 1 aliphatic heterocycles. The number of aromatic nitrogens is 1. The number of rotatable bonds is 8. The minimum Gasteiger partial charge on any atom is -0.375 e. The summed E-state index contributed by atoms with van der Waals surface area (Å²) in [5, 5.41) is 8.46. The normalized spacial score (nSPS) is 15.8. The highest BCUT2D eigenvalue weighted by Crippen LogP contribution is 2.06. The average Bonchev–Trinajstić information content (AvgIpc) is 3.26. The lowest BCUT2D eigenvalue weighted by molar-refractivity contribution is 0.0656. The van der Waals surface area contributed by atoms with Crippen LogP contribution in [0.1, 0.15) is 32.7 Å². The predicted octanol–water partition coefficient (Wildman–Crippen LogP) is 0.365. The zero-order valence-corrected chi connectivity index (χ0v) is 16.4. The van der Waals surface area contributed by atoms with Gasteiger partial charge in [0.05, 0.1) is 24.8 Å². The molecule has 0 bridgehead atoms. The smallest absolute Gasteiger partial charge is 0.263 e. The monoisotopic (exact) mass is 398 g/mol. The Balaban J connectivity index is 1.73. The average molecular weight is 398 g/mol. The van der Waals surface area contributed by atoms with Gasteiger partial charge in [-0.15, -0.1) is 0 Å². The first-order valence-electron chi connectivity index (χ1n) is 9.69. The Kier molecular flexibility index (Phi) is 7.15. The first-order valence-corrected chi connectivity index (χ1v) is 9.69. The summed E-state index contributed by atoms with van der Waals surface area (Å²) < 4.78 is 7.08. The van der Waals surface area contributed by atoms with Crippen LogP contribution in [0.4, 0.5) is 0 Å². The van der Waals surface area contributed by atoms with E-state index in [2.05, 4.69) is 16.0 Å². The number of hydrogen-bond acceptors (Lipinski definition) is 5. The van der Waals surface area contributed by atoms with Gasteiger partial charge in [0.2, 0.25) is 0 Å². The van der Waals surface area contributed by atoms with Gasteiger partial charge in [-0.3, -0.25) is 14.4 Å². The van der Waals surface area contributed by atoms with Gasteiger partial charge in [-0.1, -0.05) is 30.3 Å². The van der Waals surface area contributed by atoms with E-state index in [4.69, 9.17) is 4.74 Å². The van der Waals surface area contributed by atoms with Crippen molar-refractivity contribution in [2.24, 2.45) is 0 Å². The Morgan fingerprint density at radius 3 is 2.72 bits per heavy atom. The van der Waals surface area contributed by atoms with Crippen LogP contribution < -0.4 is 21.5 Å². The molecule has 0 aliphatic carbocycles. The number of amides is 2. The van der Waals surface area contributed by atoms with E-state index in [0.717, 1.165) is 25.1 Å². The number of hydrogen-bond donors (Lipinski definition) is 3. The third-order valence-electron chi connectivity index (χ3n) is 4.77. The van der Waals surface area contributed by atoms with Crippen LogP contribution in [-0.2, 0) is 11.3 Å². The maximum absolute atomic E-state index is 12.7. The van der Waals surface area contributed by atoms with Gasteiger partial charge in [-0.05, 0) is 24.6 Å². The lowest BCUT2D eigenvalue weighted by Crippen LogP contribution is -2.34. The molecular weight excluding hydrogens is 372 g/mol. The summed E-state index contributed by atoms with van der Waals surface area (Å²) >= 11 is 0. The zero-order chi connectivity index (χ0) is 20.6. The molecule has 8 nitrogen and oxygen atoms in total. The van der Waals surface area contributed by atoms with Gasteiger partial charge < -0.3 is 25.3 Å². The van der Waals surface area contributed by atoms with Crippen molar-refractivity contribution in [3.63, 3.8) is 0 Å². The second-order valence-electron chi connectivity index (χ2n) is 6.88. The van der Waals surface area contributed by atoms with E-state index in [9.17, 15) is 14.4 Å². The second kappa shape index (κ2) is 9.99. The van der Waals surface area contributed by atoms with Crippen LogP contribution in [0.2, 0.25) is 0 Å². The molecule has 1 aromatic heterocycles. The van der Waals surface area contributed by atoms with E-state index in [-0.39, 0.29) is 29.7 Å². The van der Waals surface area contributed by atoms with Crippen molar-refractivity contribution in [1.82, 2.24) is 20.5 Å². The van der Waals surface area contributed by atoms with Crippen LogP contribution in [0.3, 0.4) is 0 Å². The largest absolute Gasteiger partial charge is 0.375 e. The molecule has 1 atom stereocenters. The molecular formula is C21H26N4O4. The summed E-state index contributed by atoms with van der Waals surface area (Å²) in [7, 11) is 1.45. The molecule has 2 amide bonds. The Morgan fingerprint density at radius 1 is 1.24 bits per heavy atom. The van der Waals surface area contributed by atoms with E-state index in [1.165, 1.54) is 23.9 Å². The number of carbonyl (C=O) groups is 2. The standard InChI is InChI=1S/C21H26N4O4/c1-22-20(27)18-11-16(19(26)24-9-10-29-17-7-8-23-12-17)14-25(21(18)28)13-15-5-3-2-4-6-15/h2-6,11,14,17,23H,7-10,12-13H2,1H3,(H,22,27)(H,24,26). The van der Waals surface area contributed by atoms with Gasteiger partial charge in [0, 0.05) is 26.3 Å². The number of benzene rings is 1. The molecule has 1 saturated heterocycles. The number of nitrogens with one attached hydrogen (secondary N) is 3. The third kappa shape index (κ3) is 5.52. The summed E-state index contributed by atoms with van der Waals surface area (Å²) in [6, 6.07) is 10.7. The molecule has 1 aliphatic rings.